The Morgan fingerprint density at radius 1 is 1.08 bits per heavy atom. The summed E-state index contributed by atoms with van der Waals surface area (Å²) in [7, 11) is 0. The molecular weight excluding hydrogens is 318 g/mol. The molecule has 0 amide bonds. The number of hydrogen-bond acceptors (Lipinski definition) is 4. The van der Waals surface area contributed by atoms with Crippen LogP contribution in [0.5, 0.6) is 0 Å². The van der Waals surface area contributed by atoms with E-state index >= 15 is 0 Å². The number of carboxylic acid groups (broad SMARTS) is 1. The molecule has 0 aliphatic carbocycles. The van der Waals surface area contributed by atoms with E-state index in [1.54, 1.807) is 18.4 Å². The molecule has 0 bridgehead atoms. The highest BCUT2D eigenvalue weighted by molar-refractivity contribution is 5.95. The van der Waals surface area contributed by atoms with Gasteiger partial charge in [0.1, 0.15) is 17.8 Å². The second-order valence-electron chi connectivity index (χ2n) is 5.62. The maximum atomic E-state index is 10.6. The van der Waals surface area contributed by atoms with E-state index in [4.69, 9.17) is 20.7 Å². The Morgan fingerprint density at radius 2 is 1.72 bits per heavy atom. The lowest BCUT2D eigenvalue weighted by molar-refractivity contribution is -0.136. The van der Waals surface area contributed by atoms with Crippen LogP contribution in [0.4, 0.5) is 0 Å². The molecule has 3 aromatic rings. The minimum atomic E-state index is -0.808. The van der Waals surface area contributed by atoms with Gasteiger partial charge in [-0.25, -0.2) is 4.98 Å². The van der Waals surface area contributed by atoms with Gasteiger partial charge in [0.2, 0.25) is 5.89 Å². The largest absolute Gasteiger partial charge is 0.481 e. The highest BCUT2D eigenvalue weighted by Crippen LogP contribution is 2.25. The summed E-state index contributed by atoms with van der Waals surface area (Å²) in [5, 5.41) is 16.1. The SMILES string of the molecule is N=C(N)c1ccc(-c2coc(-c3ccc(CCC(=O)O)cc3)n2)cc1. The summed E-state index contributed by atoms with van der Waals surface area (Å²) < 4.78 is 5.55. The van der Waals surface area contributed by atoms with Crippen LogP contribution in [0.1, 0.15) is 17.5 Å². The van der Waals surface area contributed by atoms with Crippen LogP contribution >= 0.6 is 0 Å². The van der Waals surface area contributed by atoms with E-state index in [1.807, 2.05) is 36.4 Å². The van der Waals surface area contributed by atoms with Crippen LogP contribution in [0.25, 0.3) is 22.7 Å². The number of nitrogens with two attached hydrogens (primary N) is 1. The lowest BCUT2D eigenvalue weighted by Gasteiger charge is -2.00. The molecule has 0 saturated heterocycles. The first-order chi connectivity index (χ1) is 12.0. The maximum absolute atomic E-state index is 10.6. The Kier molecular flexibility index (Phi) is 4.61. The van der Waals surface area contributed by atoms with Crippen molar-refractivity contribution in [1.82, 2.24) is 4.98 Å². The lowest BCUT2D eigenvalue weighted by atomic mass is 10.1. The standard InChI is InChI=1S/C19H17N3O3/c20-18(21)14-8-6-13(7-9-14)16-11-25-19(22-16)15-4-1-12(2-5-15)3-10-17(23)24/h1-2,4-9,11H,3,10H2,(H3,20,21)(H,23,24). The van der Waals surface area contributed by atoms with E-state index in [1.165, 1.54) is 0 Å². The van der Waals surface area contributed by atoms with Crippen LogP contribution in [0.3, 0.4) is 0 Å². The number of aryl methyl sites for hydroxylation is 1. The quantitative estimate of drug-likeness (QED) is 0.472. The molecular formula is C19H17N3O3. The van der Waals surface area contributed by atoms with Gasteiger partial charge in [-0.15, -0.1) is 0 Å². The van der Waals surface area contributed by atoms with Crippen molar-refractivity contribution in [2.45, 2.75) is 12.8 Å². The Morgan fingerprint density at radius 3 is 2.32 bits per heavy atom. The molecule has 3 rings (SSSR count). The third-order valence-corrected chi connectivity index (χ3v) is 3.82. The van der Waals surface area contributed by atoms with Crippen LogP contribution in [0, 0.1) is 5.41 Å². The van der Waals surface area contributed by atoms with Gasteiger partial charge in [0.05, 0.1) is 0 Å². The second-order valence-corrected chi connectivity index (χ2v) is 5.62. The highest BCUT2D eigenvalue weighted by atomic mass is 16.4. The number of carbonyl (C=O) groups is 1. The van der Waals surface area contributed by atoms with Crippen LogP contribution in [-0.2, 0) is 11.2 Å². The summed E-state index contributed by atoms with van der Waals surface area (Å²) in [6.07, 6.45) is 2.18. The van der Waals surface area contributed by atoms with Gasteiger partial charge in [-0.3, -0.25) is 10.2 Å². The van der Waals surface area contributed by atoms with Gasteiger partial charge in [0.25, 0.3) is 0 Å². The molecule has 0 unspecified atom stereocenters. The molecule has 0 spiro atoms. The molecule has 126 valence electrons. The highest BCUT2D eigenvalue weighted by Gasteiger charge is 2.09. The fourth-order valence-electron chi connectivity index (χ4n) is 2.42. The molecule has 6 heteroatoms. The molecule has 0 atom stereocenters. The van der Waals surface area contributed by atoms with E-state index in [2.05, 4.69) is 4.98 Å². The number of benzene rings is 2. The molecule has 0 radical (unpaired) electrons. The van der Waals surface area contributed by atoms with Gasteiger partial charge in [0, 0.05) is 23.1 Å². The fourth-order valence-corrected chi connectivity index (χ4v) is 2.42. The smallest absolute Gasteiger partial charge is 0.303 e. The minimum absolute atomic E-state index is 0.0235. The second kappa shape index (κ2) is 7.00. The van der Waals surface area contributed by atoms with Crippen molar-refractivity contribution in [3.05, 3.63) is 65.9 Å². The summed E-state index contributed by atoms with van der Waals surface area (Å²) in [5.74, 6) is -0.289. The molecule has 1 heterocycles. The fraction of sp³-hybridized carbons (Fsp3) is 0.105. The third kappa shape index (κ3) is 3.92. The Bertz CT molecular complexity index is 896. The van der Waals surface area contributed by atoms with Crippen LogP contribution < -0.4 is 5.73 Å². The van der Waals surface area contributed by atoms with Gasteiger partial charge in [-0.1, -0.05) is 36.4 Å². The van der Waals surface area contributed by atoms with Crippen molar-refractivity contribution in [2.24, 2.45) is 5.73 Å². The monoisotopic (exact) mass is 335 g/mol. The molecule has 2 aromatic carbocycles. The average Bonchev–Trinajstić information content (AvgIpc) is 3.10. The summed E-state index contributed by atoms with van der Waals surface area (Å²) in [4.78, 5) is 15.1. The zero-order chi connectivity index (χ0) is 17.8. The number of aromatic nitrogens is 1. The van der Waals surface area contributed by atoms with Crippen LogP contribution in [0.15, 0.2) is 59.2 Å². The Balaban J connectivity index is 1.76. The molecule has 25 heavy (non-hydrogen) atoms. The number of oxazole rings is 1. The first kappa shape index (κ1) is 16.4. The van der Waals surface area contributed by atoms with Crippen molar-refractivity contribution in [3.8, 4) is 22.7 Å². The van der Waals surface area contributed by atoms with E-state index in [0.717, 1.165) is 16.7 Å². The molecule has 0 aliphatic heterocycles. The summed E-state index contributed by atoms with van der Waals surface area (Å²) >= 11 is 0. The summed E-state index contributed by atoms with van der Waals surface area (Å²) in [6, 6.07) is 14.7. The van der Waals surface area contributed by atoms with Gasteiger partial charge in [0.15, 0.2) is 0 Å². The van der Waals surface area contributed by atoms with Crippen LogP contribution in [-0.4, -0.2) is 21.9 Å². The Labute approximate surface area is 144 Å². The number of carboxylic acids is 1. The molecule has 0 aliphatic rings. The number of amidine groups is 1. The molecule has 6 nitrogen and oxygen atoms in total. The molecule has 1 aromatic heterocycles. The first-order valence-corrected chi connectivity index (χ1v) is 7.74. The van der Waals surface area contributed by atoms with E-state index in [0.29, 0.717) is 23.6 Å². The van der Waals surface area contributed by atoms with Crippen molar-refractivity contribution in [1.29, 1.82) is 5.41 Å². The van der Waals surface area contributed by atoms with E-state index in [9.17, 15) is 4.79 Å². The molecule has 0 saturated carbocycles. The number of aliphatic carboxylic acids is 1. The van der Waals surface area contributed by atoms with E-state index < -0.39 is 5.97 Å². The van der Waals surface area contributed by atoms with Gasteiger partial charge in [-0.2, -0.15) is 0 Å². The first-order valence-electron chi connectivity index (χ1n) is 7.74. The number of rotatable bonds is 6. The normalized spacial score (nSPS) is 10.6. The number of nitrogens with zero attached hydrogens (tertiary/aromatic N) is 1. The number of nitrogens with one attached hydrogen (secondary N) is 1. The lowest BCUT2D eigenvalue weighted by Crippen LogP contribution is -2.10. The predicted molar refractivity (Wildman–Crippen MR) is 94.3 cm³/mol. The van der Waals surface area contributed by atoms with Gasteiger partial charge in [-0.05, 0) is 24.1 Å². The summed E-state index contributed by atoms with van der Waals surface area (Å²) in [6.45, 7) is 0. The molecule has 4 N–H and O–H groups in total. The van der Waals surface area contributed by atoms with Crippen molar-refractivity contribution >= 4 is 11.8 Å². The van der Waals surface area contributed by atoms with E-state index in [-0.39, 0.29) is 12.3 Å². The summed E-state index contributed by atoms with van der Waals surface area (Å²) in [5.41, 5.74) is 9.45. The van der Waals surface area contributed by atoms with Gasteiger partial charge >= 0.3 is 5.97 Å². The third-order valence-electron chi connectivity index (χ3n) is 3.82. The zero-order valence-corrected chi connectivity index (χ0v) is 13.4. The Hall–Kier alpha value is -3.41. The minimum Gasteiger partial charge on any atom is -0.481 e. The van der Waals surface area contributed by atoms with Crippen molar-refractivity contribution in [2.75, 3.05) is 0 Å². The number of hydrogen-bond donors (Lipinski definition) is 3. The van der Waals surface area contributed by atoms with Gasteiger partial charge < -0.3 is 15.3 Å². The van der Waals surface area contributed by atoms with Crippen molar-refractivity contribution in [3.63, 3.8) is 0 Å². The molecule has 0 fully saturated rings. The predicted octanol–water partition coefficient (Wildman–Crippen LogP) is 3.31. The zero-order valence-electron chi connectivity index (χ0n) is 13.4. The average molecular weight is 335 g/mol. The topological polar surface area (TPSA) is 113 Å². The van der Waals surface area contributed by atoms with Crippen molar-refractivity contribution < 1.29 is 14.3 Å². The number of nitrogen functional groups attached to an aromatic ring is 1. The van der Waals surface area contributed by atoms with Crippen LogP contribution in [0.2, 0.25) is 0 Å². The maximum Gasteiger partial charge on any atom is 0.303 e.